The first kappa shape index (κ1) is 53.1. The minimum absolute atomic E-state index is 0.0428. The normalized spacial score (nSPS) is 13.0. The van der Waals surface area contributed by atoms with Crippen LogP contribution in [-0.2, 0) is 28.6 Å². The van der Waals surface area contributed by atoms with Gasteiger partial charge in [0, 0.05) is 19.3 Å². The van der Waals surface area contributed by atoms with Gasteiger partial charge >= 0.3 is 11.9 Å². The third-order valence-electron chi connectivity index (χ3n) is 10.7. The maximum Gasteiger partial charge on any atom is 0.306 e. The number of unbranched alkanes of at least 4 members (excludes halogenated alkanes) is 26. The molecular weight excluding hydrogens is 691 g/mol. The number of hydrogen-bond acceptors (Lipinski definition) is 7. The lowest BCUT2D eigenvalue weighted by Crippen LogP contribution is -2.55. The Bertz CT molecular complexity index is 915. The van der Waals surface area contributed by atoms with Crippen LogP contribution in [-0.4, -0.2) is 75.5 Å². The second kappa shape index (κ2) is 38.9. The zero-order chi connectivity index (χ0) is 40.7. The molecule has 0 spiro atoms. The molecule has 324 valence electrons. The molecule has 0 aliphatic rings. The Kier molecular flexibility index (Phi) is 37.6. The number of nitrogens with zero attached hydrogens (tertiary/aromatic N) is 1. The number of aliphatic carboxylic acids is 1. The molecule has 2 atom stereocenters. The molecule has 0 aromatic carbocycles. The second-order valence-electron chi connectivity index (χ2n) is 17.0. The minimum Gasteiger partial charge on any atom is -0.544 e. The monoisotopic (exact) mass is 780 g/mol. The Labute approximate surface area is 339 Å². The van der Waals surface area contributed by atoms with Crippen molar-refractivity contribution in [1.29, 1.82) is 0 Å². The third-order valence-corrected chi connectivity index (χ3v) is 10.7. The van der Waals surface area contributed by atoms with Crippen molar-refractivity contribution in [3.05, 3.63) is 12.2 Å². The smallest absolute Gasteiger partial charge is 0.306 e. The lowest BCUT2D eigenvalue weighted by molar-refractivity contribution is -0.889. The topological polar surface area (TPSA) is 102 Å². The zero-order valence-electron chi connectivity index (χ0n) is 36.9. The summed E-state index contributed by atoms with van der Waals surface area (Å²) in [4.78, 5) is 36.8. The largest absolute Gasteiger partial charge is 0.544 e. The van der Waals surface area contributed by atoms with E-state index in [1.54, 1.807) is 21.1 Å². The van der Waals surface area contributed by atoms with Crippen molar-refractivity contribution in [1.82, 2.24) is 0 Å². The van der Waals surface area contributed by atoms with Crippen LogP contribution in [0, 0.1) is 0 Å². The van der Waals surface area contributed by atoms with Crippen LogP contribution in [0.25, 0.3) is 0 Å². The van der Waals surface area contributed by atoms with E-state index in [9.17, 15) is 19.5 Å². The molecule has 0 radical (unpaired) electrons. The summed E-state index contributed by atoms with van der Waals surface area (Å²) >= 11 is 0. The number of ether oxygens (including phenoxy) is 3. The number of carboxylic acids is 1. The predicted octanol–water partition coefficient (Wildman–Crippen LogP) is 11.4. The molecule has 0 amide bonds. The summed E-state index contributed by atoms with van der Waals surface area (Å²) in [6, 6.07) is -0.722. The van der Waals surface area contributed by atoms with E-state index in [0.29, 0.717) is 12.8 Å². The van der Waals surface area contributed by atoms with Gasteiger partial charge in [0.25, 0.3) is 0 Å². The molecule has 0 heterocycles. The summed E-state index contributed by atoms with van der Waals surface area (Å²) < 4.78 is 17.2. The molecule has 0 N–H and O–H groups in total. The van der Waals surface area contributed by atoms with Gasteiger partial charge in [0.15, 0.2) is 6.10 Å². The van der Waals surface area contributed by atoms with Crippen molar-refractivity contribution < 1.29 is 38.2 Å². The maximum atomic E-state index is 12.7. The van der Waals surface area contributed by atoms with Crippen molar-refractivity contribution in [3.8, 4) is 0 Å². The highest BCUT2D eigenvalue weighted by Crippen LogP contribution is 2.16. The van der Waals surface area contributed by atoms with E-state index in [0.717, 1.165) is 51.4 Å². The van der Waals surface area contributed by atoms with Gasteiger partial charge in [-0.1, -0.05) is 174 Å². The fourth-order valence-corrected chi connectivity index (χ4v) is 7.01. The molecule has 0 bridgehead atoms. The molecule has 0 saturated heterocycles. The van der Waals surface area contributed by atoms with Gasteiger partial charge in [0.2, 0.25) is 0 Å². The van der Waals surface area contributed by atoms with E-state index in [1.807, 2.05) is 0 Å². The molecule has 0 rings (SSSR count). The molecular formula is C47H89NO7. The number of carbonyl (C=O) groups is 3. The van der Waals surface area contributed by atoms with Gasteiger partial charge < -0.3 is 28.6 Å². The van der Waals surface area contributed by atoms with Crippen LogP contribution < -0.4 is 5.11 Å². The average Bonchev–Trinajstić information content (AvgIpc) is 3.14. The molecule has 55 heavy (non-hydrogen) atoms. The van der Waals surface area contributed by atoms with Crippen molar-refractivity contribution in [2.24, 2.45) is 0 Å². The number of rotatable bonds is 42. The van der Waals surface area contributed by atoms with Crippen LogP contribution in [0.3, 0.4) is 0 Å². The van der Waals surface area contributed by atoms with E-state index in [-0.39, 0.29) is 42.7 Å². The van der Waals surface area contributed by atoms with Crippen molar-refractivity contribution in [2.45, 2.75) is 231 Å². The standard InChI is InChI=1S/C47H89NO7/c1-6-8-10-12-14-16-18-20-21-22-23-24-25-26-28-29-31-33-35-37-45(49)54-42-43(41-53-40-39-44(47(51)52)48(3,4)5)55-46(50)38-36-34-32-30-27-19-17-15-13-11-9-7-2/h15,17,43-44H,6-14,16,18-42H2,1-5H3/b17-15+. The maximum absolute atomic E-state index is 12.7. The van der Waals surface area contributed by atoms with Crippen LogP contribution in [0.1, 0.15) is 219 Å². The lowest BCUT2D eigenvalue weighted by atomic mass is 10.0. The summed E-state index contributed by atoms with van der Waals surface area (Å²) in [6.45, 7) is 4.66. The molecule has 0 aromatic rings. The highest BCUT2D eigenvalue weighted by molar-refractivity contribution is 5.70. The van der Waals surface area contributed by atoms with Gasteiger partial charge in [-0.15, -0.1) is 0 Å². The Balaban J connectivity index is 4.23. The van der Waals surface area contributed by atoms with Gasteiger partial charge in [-0.2, -0.15) is 0 Å². The van der Waals surface area contributed by atoms with Gasteiger partial charge in [0.1, 0.15) is 12.6 Å². The van der Waals surface area contributed by atoms with Crippen molar-refractivity contribution in [3.63, 3.8) is 0 Å². The first-order valence-corrected chi connectivity index (χ1v) is 23.2. The third kappa shape index (κ3) is 37.4. The molecule has 0 aliphatic carbocycles. The number of hydrogen-bond donors (Lipinski definition) is 0. The van der Waals surface area contributed by atoms with Gasteiger partial charge in [-0.3, -0.25) is 9.59 Å². The summed E-state index contributed by atoms with van der Waals surface area (Å²) in [5.41, 5.74) is 0. The predicted molar refractivity (Wildman–Crippen MR) is 227 cm³/mol. The van der Waals surface area contributed by atoms with Gasteiger partial charge in [-0.05, 0) is 38.5 Å². The number of quaternary nitrogens is 1. The van der Waals surface area contributed by atoms with Crippen LogP contribution >= 0.6 is 0 Å². The van der Waals surface area contributed by atoms with Gasteiger partial charge in [-0.25, -0.2) is 0 Å². The van der Waals surface area contributed by atoms with Crippen LogP contribution in [0.5, 0.6) is 0 Å². The van der Waals surface area contributed by atoms with E-state index in [2.05, 4.69) is 26.0 Å². The zero-order valence-corrected chi connectivity index (χ0v) is 36.9. The molecule has 0 aliphatic heterocycles. The number of esters is 2. The summed E-state index contributed by atoms with van der Waals surface area (Å²) in [5.74, 6) is -1.73. The highest BCUT2D eigenvalue weighted by atomic mass is 16.6. The first-order valence-electron chi connectivity index (χ1n) is 23.2. The number of carbonyl (C=O) groups excluding carboxylic acids is 3. The van der Waals surface area contributed by atoms with E-state index >= 15 is 0 Å². The molecule has 2 unspecified atom stereocenters. The lowest BCUT2D eigenvalue weighted by Gasteiger charge is -2.34. The van der Waals surface area contributed by atoms with Gasteiger partial charge in [0.05, 0.1) is 40.3 Å². The van der Waals surface area contributed by atoms with Crippen molar-refractivity contribution in [2.75, 3.05) is 41.0 Å². The van der Waals surface area contributed by atoms with E-state index in [4.69, 9.17) is 14.2 Å². The Morgan fingerprint density at radius 3 is 1.35 bits per heavy atom. The summed E-state index contributed by atoms with van der Waals surface area (Å²) in [5, 5.41) is 11.6. The van der Waals surface area contributed by atoms with Crippen LogP contribution in [0.4, 0.5) is 0 Å². The molecule has 0 saturated carbocycles. The SMILES string of the molecule is CCCCC/C=C/CCCCCCCC(=O)OC(COCCC(C(=O)[O-])[N+](C)(C)C)COC(=O)CCCCCCCCCCCCCCCCCCCCC. The number of allylic oxidation sites excluding steroid dienone is 2. The number of carboxylic acid groups (broad SMARTS) is 1. The Morgan fingerprint density at radius 2 is 0.909 bits per heavy atom. The molecule has 0 fully saturated rings. The quantitative estimate of drug-likeness (QED) is 0.0263. The highest BCUT2D eigenvalue weighted by Gasteiger charge is 2.25. The average molecular weight is 780 g/mol. The first-order chi connectivity index (χ1) is 26.6. The van der Waals surface area contributed by atoms with Crippen molar-refractivity contribution >= 4 is 17.9 Å². The van der Waals surface area contributed by atoms with E-state index in [1.165, 1.54) is 135 Å². The molecule has 0 aromatic heterocycles. The van der Waals surface area contributed by atoms with E-state index < -0.39 is 18.1 Å². The fourth-order valence-electron chi connectivity index (χ4n) is 7.01. The number of likely N-dealkylation sites (N-methyl/N-ethyl adjacent to an activating group) is 1. The Hall–Kier alpha value is -1.93. The van der Waals surface area contributed by atoms with Crippen LogP contribution in [0.15, 0.2) is 12.2 Å². The second-order valence-corrected chi connectivity index (χ2v) is 17.0. The van der Waals surface area contributed by atoms with Crippen LogP contribution in [0.2, 0.25) is 0 Å². The summed E-state index contributed by atoms with van der Waals surface area (Å²) in [6.07, 6.45) is 40.9. The fraction of sp³-hybridized carbons (Fsp3) is 0.894. The Morgan fingerprint density at radius 1 is 0.527 bits per heavy atom. The minimum atomic E-state index is -1.12. The molecule has 8 heteroatoms. The summed E-state index contributed by atoms with van der Waals surface area (Å²) in [7, 11) is 5.41. The molecule has 8 nitrogen and oxygen atoms in total.